The Bertz CT molecular complexity index is 468. The smallest absolute Gasteiger partial charge is 0.141 e. The molecule has 0 amide bonds. The van der Waals surface area contributed by atoms with Crippen LogP contribution in [0.2, 0.25) is 0 Å². The first kappa shape index (κ1) is 10.9. The van der Waals surface area contributed by atoms with E-state index in [0.29, 0.717) is 5.69 Å². The molecule has 2 rings (SSSR count). The van der Waals surface area contributed by atoms with Gasteiger partial charge in [0.25, 0.3) is 0 Å². The Hall–Kier alpha value is -1.56. The Morgan fingerprint density at radius 3 is 2.94 bits per heavy atom. The van der Waals surface area contributed by atoms with Gasteiger partial charge in [-0.1, -0.05) is 0 Å². The van der Waals surface area contributed by atoms with E-state index in [1.165, 1.54) is 0 Å². The number of aromatic nitrogens is 3. The molecule has 0 aliphatic heterocycles. The van der Waals surface area contributed by atoms with Crippen molar-refractivity contribution >= 4 is 27.4 Å². The molecule has 0 radical (unpaired) electrons. The van der Waals surface area contributed by atoms with Crippen LogP contribution in [0, 0.1) is 0 Å². The van der Waals surface area contributed by atoms with E-state index in [1.54, 1.807) is 18.6 Å². The summed E-state index contributed by atoms with van der Waals surface area (Å²) in [6.07, 6.45) is 5.12. The van der Waals surface area contributed by atoms with Crippen LogP contribution in [0.1, 0.15) is 18.8 Å². The lowest BCUT2D eigenvalue weighted by Gasteiger charge is -2.13. The van der Waals surface area contributed by atoms with Crippen molar-refractivity contribution in [1.29, 1.82) is 0 Å². The van der Waals surface area contributed by atoms with Crippen molar-refractivity contribution in [2.75, 3.05) is 11.1 Å². The van der Waals surface area contributed by atoms with E-state index < -0.39 is 0 Å². The van der Waals surface area contributed by atoms with Crippen molar-refractivity contribution in [1.82, 2.24) is 15.0 Å². The highest BCUT2D eigenvalue weighted by molar-refractivity contribution is 9.10. The molecule has 4 N–H and O–H groups in total. The van der Waals surface area contributed by atoms with Gasteiger partial charge in [0.05, 0.1) is 22.4 Å². The first-order valence-electron chi connectivity index (χ1n) is 4.83. The minimum Gasteiger partial charge on any atom is -0.397 e. The summed E-state index contributed by atoms with van der Waals surface area (Å²) >= 11 is 3.40. The second-order valence-corrected chi connectivity index (χ2v) is 4.29. The highest BCUT2D eigenvalue weighted by Gasteiger charge is 2.10. The normalized spacial score (nSPS) is 12.4. The van der Waals surface area contributed by atoms with Gasteiger partial charge in [-0.3, -0.25) is 0 Å². The maximum Gasteiger partial charge on any atom is 0.141 e. The minimum atomic E-state index is 0.0578. The quantitative estimate of drug-likeness (QED) is 0.807. The summed E-state index contributed by atoms with van der Waals surface area (Å²) in [5.74, 6) is 1.61. The Kier molecular flexibility index (Phi) is 3.09. The molecule has 1 unspecified atom stereocenters. The van der Waals surface area contributed by atoms with E-state index in [0.717, 1.165) is 16.1 Å². The molecule has 2 aromatic rings. The van der Waals surface area contributed by atoms with Crippen molar-refractivity contribution < 1.29 is 0 Å². The Morgan fingerprint density at radius 2 is 2.31 bits per heavy atom. The largest absolute Gasteiger partial charge is 0.397 e. The van der Waals surface area contributed by atoms with Gasteiger partial charge in [0.15, 0.2) is 0 Å². The van der Waals surface area contributed by atoms with E-state index in [-0.39, 0.29) is 6.04 Å². The molecular formula is C10H12BrN5. The average molecular weight is 282 g/mol. The number of hydrogen-bond donors (Lipinski definition) is 3. The Balaban J connectivity index is 2.15. The number of rotatable bonds is 3. The van der Waals surface area contributed by atoms with Crippen LogP contribution in [0.5, 0.6) is 0 Å². The van der Waals surface area contributed by atoms with Crippen LogP contribution in [0.3, 0.4) is 0 Å². The molecular weight excluding hydrogens is 270 g/mol. The van der Waals surface area contributed by atoms with Crippen molar-refractivity contribution in [3.8, 4) is 0 Å². The molecule has 0 aliphatic carbocycles. The monoisotopic (exact) mass is 281 g/mol. The molecule has 0 aromatic carbocycles. The van der Waals surface area contributed by atoms with E-state index in [2.05, 4.69) is 36.2 Å². The maximum atomic E-state index is 5.61. The number of halogens is 1. The number of nitrogens with one attached hydrogen (secondary N) is 2. The molecule has 2 aromatic heterocycles. The highest BCUT2D eigenvalue weighted by atomic mass is 79.9. The van der Waals surface area contributed by atoms with E-state index in [9.17, 15) is 0 Å². The first-order valence-corrected chi connectivity index (χ1v) is 5.63. The number of pyridine rings is 1. The molecule has 0 saturated heterocycles. The molecule has 84 valence electrons. The van der Waals surface area contributed by atoms with E-state index >= 15 is 0 Å². The zero-order valence-corrected chi connectivity index (χ0v) is 10.3. The van der Waals surface area contributed by atoms with Crippen molar-refractivity contribution in [3.63, 3.8) is 0 Å². The van der Waals surface area contributed by atoms with Gasteiger partial charge < -0.3 is 16.0 Å². The predicted octanol–water partition coefficient (Wildman–Crippen LogP) is 2.32. The third-order valence-electron chi connectivity index (χ3n) is 2.15. The number of nitrogen functional groups attached to an aromatic ring is 1. The van der Waals surface area contributed by atoms with Gasteiger partial charge >= 0.3 is 0 Å². The van der Waals surface area contributed by atoms with Crippen LogP contribution in [0.25, 0.3) is 0 Å². The Morgan fingerprint density at radius 1 is 1.50 bits per heavy atom. The topological polar surface area (TPSA) is 79.6 Å². The molecule has 0 saturated carbocycles. The lowest BCUT2D eigenvalue weighted by molar-refractivity contribution is 0.803. The van der Waals surface area contributed by atoms with Crippen LogP contribution in [0.15, 0.2) is 29.1 Å². The zero-order valence-electron chi connectivity index (χ0n) is 8.74. The lowest BCUT2D eigenvalue weighted by Crippen LogP contribution is -2.10. The van der Waals surface area contributed by atoms with Crippen LogP contribution >= 0.6 is 15.9 Å². The molecule has 2 heterocycles. The van der Waals surface area contributed by atoms with Crippen molar-refractivity contribution in [2.24, 2.45) is 0 Å². The standard InChI is InChI=1S/C10H12BrN5/c1-6(9-13-2-3-14-9)16-10-8(11)4-7(12)5-15-10/h2-6H,12H2,1H3,(H,13,14)(H,15,16). The lowest BCUT2D eigenvalue weighted by atomic mass is 10.3. The summed E-state index contributed by atoms with van der Waals surface area (Å²) in [6, 6.07) is 1.87. The second kappa shape index (κ2) is 4.52. The zero-order chi connectivity index (χ0) is 11.5. The van der Waals surface area contributed by atoms with Gasteiger partial charge in [-0.15, -0.1) is 0 Å². The van der Waals surface area contributed by atoms with Crippen LogP contribution in [-0.4, -0.2) is 15.0 Å². The number of nitrogens with two attached hydrogens (primary N) is 1. The third-order valence-corrected chi connectivity index (χ3v) is 2.75. The minimum absolute atomic E-state index is 0.0578. The third kappa shape index (κ3) is 2.33. The van der Waals surface area contributed by atoms with Crippen LogP contribution in [-0.2, 0) is 0 Å². The second-order valence-electron chi connectivity index (χ2n) is 3.44. The summed E-state index contributed by atoms with van der Waals surface area (Å²) < 4.78 is 0.839. The van der Waals surface area contributed by atoms with Gasteiger partial charge in [0.1, 0.15) is 11.6 Å². The summed E-state index contributed by atoms with van der Waals surface area (Å²) in [6.45, 7) is 2.00. The van der Waals surface area contributed by atoms with Gasteiger partial charge in [0.2, 0.25) is 0 Å². The van der Waals surface area contributed by atoms with Crippen molar-refractivity contribution in [2.45, 2.75) is 13.0 Å². The molecule has 0 spiro atoms. The van der Waals surface area contributed by atoms with Gasteiger partial charge in [-0.25, -0.2) is 9.97 Å². The maximum absolute atomic E-state index is 5.61. The fourth-order valence-corrected chi connectivity index (χ4v) is 1.83. The SMILES string of the molecule is CC(Nc1ncc(N)cc1Br)c1ncc[nH]1. The Labute approximate surface area is 102 Å². The summed E-state index contributed by atoms with van der Waals surface area (Å²) in [5, 5.41) is 3.23. The highest BCUT2D eigenvalue weighted by Crippen LogP contribution is 2.24. The molecule has 16 heavy (non-hydrogen) atoms. The van der Waals surface area contributed by atoms with Gasteiger partial charge in [0, 0.05) is 12.4 Å². The predicted molar refractivity (Wildman–Crippen MR) is 67.0 cm³/mol. The molecule has 1 atom stereocenters. The number of H-pyrrole nitrogens is 1. The summed E-state index contributed by atoms with van der Waals surface area (Å²) in [4.78, 5) is 11.4. The van der Waals surface area contributed by atoms with E-state index in [1.807, 2.05) is 13.0 Å². The molecule has 0 aliphatic rings. The number of imidazole rings is 1. The van der Waals surface area contributed by atoms with Crippen LogP contribution < -0.4 is 11.1 Å². The van der Waals surface area contributed by atoms with Crippen molar-refractivity contribution in [3.05, 3.63) is 35.0 Å². The molecule has 5 nitrogen and oxygen atoms in total. The number of anilines is 2. The fraction of sp³-hybridized carbons (Fsp3) is 0.200. The van der Waals surface area contributed by atoms with Crippen LogP contribution in [0.4, 0.5) is 11.5 Å². The molecule has 0 fully saturated rings. The molecule has 6 heteroatoms. The first-order chi connectivity index (χ1) is 7.66. The van der Waals surface area contributed by atoms with Gasteiger partial charge in [-0.2, -0.15) is 0 Å². The fourth-order valence-electron chi connectivity index (χ4n) is 1.35. The summed E-state index contributed by atoms with van der Waals surface area (Å²) in [5.41, 5.74) is 6.24. The molecule has 0 bridgehead atoms. The van der Waals surface area contributed by atoms with E-state index in [4.69, 9.17) is 5.73 Å². The number of aromatic amines is 1. The number of hydrogen-bond acceptors (Lipinski definition) is 4. The number of nitrogens with zero attached hydrogens (tertiary/aromatic N) is 2. The summed E-state index contributed by atoms with van der Waals surface area (Å²) in [7, 11) is 0. The average Bonchev–Trinajstić information content (AvgIpc) is 2.75. The van der Waals surface area contributed by atoms with Gasteiger partial charge in [-0.05, 0) is 28.9 Å².